The van der Waals surface area contributed by atoms with Crippen molar-refractivity contribution < 1.29 is 8.95 Å². The van der Waals surface area contributed by atoms with Crippen LogP contribution in [-0.2, 0) is 15.7 Å². The maximum atomic E-state index is 12.2. The molecule has 4 heteroatoms. The fourth-order valence-corrected chi connectivity index (χ4v) is 2.99. The van der Waals surface area contributed by atoms with Crippen LogP contribution >= 0.6 is 0 Å². The van der Waals surface area contributed by atoms with Crippen LogP contribution in [0.1, 0.15) is 46.5 Å². The van der Waals surface area contributed by atoms with Crippen LogP contribution in [0.15, 0.2) is 12.3 Å². The van der Waals surface area contributed by atoms with Crippen LogP contribution < -0.4 is 4.72 Å². The van der Waals surface area contributed by atoms with E-state index in [2.05, 4.69) is 10.8 Å². The normalized spacial score (nSPS) is 28.5. The van der Waals surface area contributed by atoms with Gasteiger partial charge in [-0.25, -0.2) is 8.93 Å². The molecule has 3 unspecified atom stereocenters. The van der Waals surface area contributed by atoms with Gasteiger partial charge in [-0.2, -0.15) is 0 Å². The molecule has 3 nitrogen and oxygen atoms in total. The smallest absolute Gasteiger partial charge is 0.115 e. The number of nitrogens with one attached hydrogen (secondary N) is 1. The summed E-state index contributed by atoms with van der Waals surface area (Å²) in [6, 6.07) is 0.250. The monoisotopic (exact) mass is 257 g/mol. The van der Waals surface area contributed by atoms with Crippen LogP contribution in [0.5, 0.6) is 0 Å². The summed E-state index contributed by atoms with van der Waals surface area (Å²) in [5, 5.41) is 0. The highest BCUT2D eigenvalue weighted by Gasteiger charge is 2.39. The zero-order valence-corrected chi connectivity index (χ0v) is 11.8. The topological polar surface area (TPSA) is 38.3 Å². The second-order valence-electron chi connectivity index (χ2n) is 5.99. The Morgan fingerprint density at radius 2 is 2.06 bits per heavy atom. The van der Waals surface area contributed by atoms with Crippen molar-refractivity contribution in [3.63, 3.8) is 0 Å². The Kier molecular flexibility index (Phi) is 3.93. The van der Waals surface area contributed by atoms with Crippen molar-refractivity contribution >= 4 is 11.0 Å². The summed E-state index contributed by atoms with van der Waals surface area (Å²) in [6.45, 7) is 6.01. The Hall–Kier alpha value is -0.350. The largest absolute Gasteiger partial charge is 0.497 e. The highest BCUT2D eigenvalue weighted by molar-refractivity contribution is 7.84. The highest BCUT2D eigenvalue weighted by Crippen LogP contribution is 2.37. The van der Waals surface area contributed by atoms with Crippen molar-refractivity contribution in [1.29, 1.82) is 0 Å². The first kappa shape index (κ1) is 13.1. The van der Waals surface area contributed by atoms with E-state index in [-0.39, 0.29) is 16.9 Å². The van der Waals surface area contributed by atoms with E-state index in [9.17, 15) is 4.21 Å². The zero-order chi connectivity index (χ0) is 12.5. The van der Waals surface area contributed by atoms with E-state index in [4.69, 9.17) is 4.74 Å². The summed E-state index contributed by atoms with van der Waals surface area (Å²) in [7, 11) is -1.00. The molecule has 1 saturated carbocycles. The van der Waals surface area contributed by atoms with Gasteiger partial charge < -0.3 is 4.74 Å². The number of allylic oxidation sites excluding steroid dienone is 1. The molecule has 1 aliphatic carbocycles. The maximum absolute atomic E-state index is 12.2. The molecular formula is C13H23NO2S. The van der Waals surface area contributed by atoms with Gasteiger partial charge >= 0.3 is 0 Å². The molecule has 3 atom stereocenters. The van der Waals surface area contributed by atoms with E-state index in [1.807, 2.05) is 20.8 Å². The summed E-state index contributed by atoms with van der Waals surface area (Å²) in [6.07, 6.45) is 8.63. The predicted molar refractivity (Wildman–Crippen MR) is 70.8 cm³/mol. The Labute approximate surface area is 107 Å². The SMILES string of the molecule is CC(C)(C)S(=O)NC(C1CC1)C1CCC=CO1. The molecule has 1 aliphatic heterocycles. The predicted octanol–water partition coefficient (Wildman–Crippen LogP) is 2.51. The van der Waals surface area contributed by atoms with Crippen molar-refractivity contribution in [3.8, 4) is 0 Å². The van der Waals surface area contributed by atoms with Crippen molar-refractivity contribution in [2.75, 3.05) is 0 Å². The van der Waals surface area contributed by atoms with Crippen molar-refractivity contribution in [3.05, 3.63) is 12.3 Å². The highest BCUT2D eigenvalue weighted by atomic mass is 32.2. The molecule has 1 N–H and O–H groups in total. The molecule has 0 radical (unpaired) electrons. The third-order valence-corrected chi connectivity index (χ3v) is 4.90. The lowest BCUT2D eigenvalue weighted by Crippen LogP contribution is -2.48. The average molecular weight is 257 g/mol. The second kappa shape index (κ2) is 5.11. The van der Waals surface area contributed by atoms with Gasteiger partial charge in [-0.15, -0.1) is 0 Å². The molecule has 2 aliphatic rings. The third-order valence-electron chi connectivity index (χ3n) is 3.30. The standard InChI is InChI=1S/C13H23NO2S/c1-13(2,3)17(15)14-12(10-7-8-10)11-6-4-5-9-16-11/h5,9-12,14H,4,6-8H2,1-3H3. The molecular weight excluding hydrogens is 234 g/mol. The molecule has 2 rings (SSSR count). The summed E-state index contributed by atoms with van der Waals surface area (Å²) >= 11 is 0. The molecule has 17 heavy (non-hydrogen) atoms. The molecule has 1 heterocycles. The van der Waals surface area contributed by atoms with Gasteiger partial charge in [0.25, 0.3) is 0 Å². The summed E-state index contributed by atoms with van der Waals surface area (Å²) in [5.41, 5.74) is 0. The minimum atomic E-state index is -1.00. The van der Waals surface area contributed by atoms with E-state index in [0.29, 0.717) is 5.92 Å². The number of hydrogen-bond acceptors (Lipinski definition) is 2. The Morgan fingerprint density at radius 1 is 1.35 bits per heavy atom. The average Bonchev–Trinajstić information content (AvgIpc) is 3.09. The number of rotatable bonds is 4. The van der Waals surface area contributed by atoms with Gasteiger partial charge in [-0.1, -0.05) is 0 Å². The number of ether oxygens (including phenoxy) is 1. The van der Waals surface area contributed by atoms with Crippen LogP contribution in [0.4, 0.5) is 0 Å². The van der Waals surface area contributed by atoms with Gasteiger partial charge in [0.15, 0.2) is 0 Å². The maximum Gasteiger partial charge on any atom is 0.115 e. The minimum absolute atomic E-state index is 0.193. The molecule has 0 saturated heterocycles. The lowest BCUT2D eigenvalue weighted by atomic mass is 10.0. The van der Waals surface area contributed by atoms with Crippen LogP contribution in [0, 0.1) is 5.92 Å². The van der Waals surface area contributed by atoms with Crippen molar-refractivity contribution in [2.24, 2.45) is 5.92 Å². The van der Waals surface area contributed by atoms with Gasteiger partial charge in [0.05, 0.1) is 28.0 Å². The van der Waals surface area contributed by atoms with Crippen molar-refractivity contribution in [2.45, 2.75) is 63.3 Å². The molecule has 0 spiro atoms. The van der Waals surface area contributed by atoms with Gasteiger partial charge in [-0.05, 0) is 58.4 Å². The summed E-state index contributed by atoms with van der Waals surface area (Å²) < 4.78 is 20.9. The van der Waals surface area contributed by atoms with Gasteiger partial charge in [0, 0.05) is 0 Å². The van der Waals surface area contributed by atoms with Crippen LogP contribution in [-0.4, -0.2) is 21.1 Å². The first-order chi connectivity index (χ1) is 7.98. The van der Waals surface area contributed by atoms with E-state index in [1.165, 1.54) is 12.8 Å². The summed E-state index contributed by atoms with van der Waals surface area (Å²) in [4.78, 5) is 0. The van der Waals surface area contributed by atoms with Gasteiger partial charge in [0.2, 0.25) is 0 Å². The van der Waals surface area contributed by atoms with Crippen LogP contribution in [0.3, 0.4) is 0 Å². The first-order valence-corrected chi connectivity index (χ1v) is 7.62. The van der Waals surface area contributed by atoms with Gasteiger partial charge in [-0.3, -0.25) is 0 Å². The molecule has 1 fully saturated rings. The lowest BCUT2D eigenvalue weighted by Gasteiger charge is -2.31. The van der Waals surface area contributed by atoms with E-state index >= 15 is 0 Å². The molecule has 0 aromatic carbocycles. The van der Waals surface area contributed by atoms with Crippen LogP contribution in [0.2, 0.25) is 0 Å². The minimum Gasteiger partial charge on any atom is -0.497 e. The third kappa shape index (κ3) is 3.55. The Balaban J connectivity index is 1.98. The Morgan fingerprint density at radius 3 is 2.53 bits per heavy atom. The fraction of sp³-hybridized carbons (Fsp3) is 0.846. The van der Waals surface area contributed by atoms with E-state index in [0.717, 1.165) is 12.8 Å². The summed E-state index contributed by atoms with van der Waals surface area (Å²) in [5.74, 6) is 0.651. The molecule has 0 amide bonds. The van der Waals surface area contributed by atoms with E-state index in [1.54, 1.807) is 6.26 Å². The first-order valence-electron chi connectivity index (χ1n) is 6.47. The Bertz CT molecular complexity index is 318. The van der Waals surface area contributed by atoms with Gasteiger partial charge in [0.1, 0.15) is 6.10 Å². The lowest BCUT2D eigenvalue weighted by molar-refractivity contribution is 0.0864. The molecule has 0 aromatic rings. The fourth-order valence-electron chi connectivity index (χ4n) is 2.05. The second-order valence-corrected chi connectivity index (χ2v) is 7.98. The zero-order valence-electron chi connectivity index (χ0n) is 10.9. The quantitative estimate of drug-likeness (QED) is 0.840. The molecule has 0 bridgehead atoms. The van der Waals surface area contributed by atoms with E-state index < -0.39 is 11.0 Å². The van der Waals surface area contributed by atoms with Crippen LogP contribution in [0.25, 0.3) is 0 Å². The molecule has 0 aromatic heterocycles. The molecule has 98 valence electrons. The number of hydrogen-bond donors (Lipinski definition) is 1. The van der Waals surface area contributed by atoms with Crippen molar-refractivity contribution in [1.82, 2.24) is 4.72 Å².